The summed E-state index contributed by atoms with van der Waals surface area (Å²) in [5.74, 6) is -0.876. The second kappa shape index (κ2) is 5.60. The van der Waals surface area contributed by atoms with Crippen LogP contribution in [-0.2, 0) is 4.79 Å². The number of hydrogen-bond donors (Lipinski definition) is 2. The molecule has 136 valence electrons. The Morgan fingerprint density at radius 1 is 1.41 bits per heavy atom. The number of halogens is 2. The first-order valence-electron chi connectivity index (χ1n) is 8.58. The summed E-state index contributed by atoms with van der Waals surface area (Å²) in [4.78, 5) is 19.0. The SMILES string of the molecule is Cc1c(-c2ccn3nc(NC(=O)[C@@H]4C[C@@H]4F)cc3c2)cnc2[nH]cc(F)c12. The predicted octanol–water partition coefficient (Wildman–Crippen LogP) is 3.62. The molecule has 1 saturated carbocycles. The van der Waals surface area contributed by atoms with E-state index in [0.29, 0.717) is 16.9 Å². The van der Waals surface area contributed by atoms with E-state index in [9.17, 15) is 13.6 Å². The van der Waals surface area contributed by atoms with Crippen LogP contribution in [-0.4, -0.2) is 31.7 Å². The van der Waals surface area contributed by atoms with Gasteiger partial charge in [-0.05, 0) is 36.6 Å². The van der Waals surface area contributed by atoms with E-state index in [1.54, 1.807) is 23.0 Å². The van der Waals surface area contributed by atoms with Crippen molar-refractivity contribution in [3.8, 4) is 11.1 Å². The highest BCUT2D eigenvalue weighted by Crippen LogP contribution is 2.35. The van der Waals surface area contributed by atoms with Crippen molar-refractivity contribution in [2.24, 2.45) is 5.92 Å². The van der Waals surface area contributed by atoms with E-state index in [2.05, 4.69) is 20.4 Å². The molecule has 0 bridgehead atoms. The number of aromatic amines is 1. The Labute approximate surface area is 152 Å². The van der Waals surface area contributed by atoms with Gasteiger partial charge >= 0.3 is 0 Å². The van der Waals surface area contributed by atoms with Gasteiger partial charge < -0.3 is 10.3 Å². The Bertz CT molecular complexity index is 1210. The lowest BCUT2D eigenvalue weighted by atomic mass is 10.0. The molecule has 8 heteroatoms. The van der Waals surface area contributed by atoms with Crippen LogP contribution in [0.25, 0.3) is 27.7 Å². The minimum atomic E-state index is -1.05. The second-order valence-corrected chi connectivity index (χ2v) is 6.82. The number of nitrogens with zero attached hydrogens (tertiary/aromatic N) is 3. The quantitative estimate of drug-likeness (QED) is 0.581. The summed E-state index contributed by atoms with van der Waals surface area (Å²) in [6.07, 6.45) is 3.98. The van der Waals surface area contributed by atoms with Crippen LogP contribution in [0.4, 0.5) is 14.6 Å². The van der Waals surface area contributed by atoms with Gasteiger partial charge in [0.2, 0.25) is 5.91 Å². The Balaban J connectivity index is 1.52. The number of alkyl halides is 1. The summed E-state index contributed by atoms with van der Waals surface area (Å²) in [6, 6.07) is 5.46. The zero-order chi connectivity index (χ0) is 18.7. The molecule has 1 aliphatic rings. The number of anilines is 1. The van der Waals surface area contributed by atoms with E-state index < -0.39 is 12.1 Å². The van der Waals surface area contributed by atoms with Gasteiger partial charge in [0.25, 0.3) is 0 Å². The van der Waals surface area contributed by atoms with Crippen LogP contribution < -0.4 is 5.32 Å². The monoisotopic (exact) mass is 367 g/mol. The third-order valence-corrected chi connectivity index (χ3v) is 4.99. The Hall–Kier alpha value is -3.29. The van der Waals surface area contributed by atoms with Gasteiger partial charge in [-0.25, -0.2) is 18.3 Å². The van der Waals surface area contributed by atoms with Crippen molar-refractivity contribution in [1.82, 2.24) is 19.6 Å². The maximum absolute atomic E-state index is 14.0. The number of pyridine rings is 2. The molecular weight excluding hydrogens is 352 g/mol. The van der Waals surface area contributed by atoms with Crippen LogP contribution in [0.5, 0.6) is 0 Å². The largest absolute Gasteiger partial charge is 0.343 e. The first-order chi connectivity index (χ1) is 13.0. The molecule has 2 atom stereocenters. The van der Waals surface area contributed by atoms with Gasteiger partial charge in [-0.2, -0.15) is 5.10 Å². The number of amides is 1. The highest BCUT2D eigenvalue weighted by Gasteiger charge is 2.43. The maximum Gasteiger partial charge on any atom is 0.231 e. The van der Waals surface area contributed by atoms with Gasteiger partial charge in [-0.3, -0.25) is 4.79 Å². The number of nitrogens with one attached hydrogen (secondary N) is 2. The van der Waals surface area contributed by atoms with Crippen molar-refractivity contribution in [3.63, 3.8) is 0 Å². The van der Waals surface area contributed by atoms with Crippen molar-refractivity contribution >= 4 is 28.3 Å². The van der Waals surface area contributed by atoms with Crippen LogP contribution in [0.15, 0.2) is 36.8 Å². The number of hydrogen-bond acceptors (Lipinski definition) is 3. The molecule has 6 nitrogen and oxygen atoms in total. The van der Waals surface area contributed by atoms with Crippen molar-refractivity contribution in [2.45, 2.75) is 19.5 Å². The normalized spacial score (nSPS) is 18.9. The van der Waals surface area contributed by atoms with Crippen molar-refractivity contribution in [1.29, 1.82) is 0 Å². The fraction of sp³-hybridized carbons (Fsp3) is 0.211. The zero-order valence-corrected chi connectivity index (χ0v) is 14.3. The van der Waals surface area contributed by atoms with Crippen molar-refractivity contribution < 1.29 is 13.6 Å². The van der Waals surface area contributed by atoms with E-state index in [-0.39, 0.29) is 18.1 Å². The average molecular weight is 367 g/mol. The lowest BCUT2D eigenvalue weighted by Crippen LogP contribution is -2.15. The van der Waals surface area contributed by atoms with Crippen LogP contribution >= 0.6 is 0 Å². The van der Waals surface area contributed by atoms with E-state index in [4.69, 9.17) is 0 Å². The maximum atomic E-state index is 14.0. The lowest BCUT2D eigenvalue weighted by Gasteiger charge is -2.07. The molecule has 0 spiro atoms. The van der Waals surface area contributed by atoms with Crippen molar-refractivity contribution in [3.05, 3.63) is 48.2 Å². The molecule has 0 aliphatic heterocycles. The number of carbonyl (C=O) groups excluding carboxylic acids is 1. The van der Waals surface area contributed by atoms with Gasteiger partial charge in [0.05, 0.1) is 16.8 Å². The Kier molecular flexibility index (Phi) is 3.30. The summed E-state index contributed by atoms with van der Waals surface area (Å²) >= 11 is 0. The topological polar surface area (TPSA) is 75.1 Å². The van der Waals surface area contributed by atoms with E-state index in [1.807, 2.05) is 19.1 Å². The van der Waals surface area contributed by atoms with E-state index >= 15 is 0 Å². The van der Waals surface area contributed by atoms with E-state index in [1.165, 1.54) is 6.20 Å². The number of rotatable bonds is 3. The smallest absolute Gasteiger partial charge is 0.231 e. The molecule has 1 fully saturated rings. The molecule has 4 aromatic rings. The Morgan fingerprint density at radius 3 is 3.00 bits per heavy atom. The minimum Gasteiger partial charge on any atom is -0.343 e. The molecule has 0 aromatic carbocycles. The first-order valence-corrected chi connectivity index (χ1v) is 8.58. The average Bonchev–Trinajstić information content (AvgIpc) is 3.07. The second-order valence-electron chi connectivity index (χ2n) is 6.82. The van der Waals surface area contributed by atoms with Crippen LogP contribution in [0.1, 0.15) is 12.0 Å². The minimum absolute atomic E-state index is 0.272. The molecule has 5 rings (SSSR count). The molecule has 4 heterocycles. The lowest BCUT2D eigenvalue weighted by molar-refractivity contribution is -0.117. The molecule has 2 N–H and O–H groups in total. The summed E-state index contributed by atoms with van der Waals surface area (Å²) in [5.41, 5.74) is 3.73. The third kappa shape index (κ3) is 2.56. The number of carbonyl (C=O) groups is 1. The highest BCUT2D eigenvalue weighted by molar-refractivity contribution is 5.94. The number of fused-ring (bicyclic) bond motifs is 2. The number of aromatic nitrogens is 4. The molecule has 4 aromatic heterocycles. The van der Waals surface area contributed by atoms with Gasteiger partial charge in [0.15, 0.2) is 5.82 Å². The molecule has 0 unspecified atom stereocenters. The van der Waals surface area contributed by atoms with Crippen LogP contribution in [0.2, 0.25) is 0 Å². The fourth-order valence-corrected chi connectivity index (χ4v) is 3.38. The highest BCUT2D eigenvalue weighted by atomic mass is 19.1. The van der Waals surface area contributed by atoms with Gasteiger partial charge in [0, 0.05) is 30.2 Å². The van der Waals surface area contributed by atoms with Crippen LogP contribution in [0.3, 0.4) is 0 Å². The predicted molar refractivity (Wildman–Crippen MR) is 96.6 cm³/mol. The van der Waals surface area contributed by atoms with E-state index in [0.717, 1.165) is 22.2 Å². The van der Waals surface area contributed by atoms with Gasteiger partial charge in [-0.15, -0.1) is 0 Å². The summed E-state index contributed by atoms with van der Waals surface area (Å²) in [7, 11) is 0. The molecular formula is C19H15F2N5O. The third-order valence-electron chi connectivity index (χ3n) is 4.99. The number of aryl methyl sites for hydroxylation is 1. The molecule has 1 amide bonds. The standard InChI is InChI=1S/C19H15F2N5O/c1-9-13(7-22-18-17(9)15(21)8-23-18)10-2-3-26-11(4-10)5-16(25-26)24-19(27)12-6-14(12)20/h2-5,7-8,12,14H,6H2,1H3,(H,22,23)(H,24,25,27)/t12-,14+/m1/s1. The first kappa shape index (κ1) is 15.9. The van der Waals surface area contributed by atoms with Gasteiger partial charge in [0.1, 0.15) is 17.6 Å². The van der Waals surface area contributed by atoms with Crippen LogP contribution in [0, 0.1) is 18.7 Å². The van der Waals surface area contributed by atoms with Crippen molar-refractivity contribution in [2.75, 3.05) is 5.32 Å². The fourth-order valence-electron chi connectivity index (χ4n) is 3.38. The molecule has 27 heavy (non-hydrogen) atoms. The zero-order valence-electron chi connectivity index (χ0n) is 14.3. The molecule has 1 aliphatic carbocycles. The number of H-pyrrole nitrogens is 1. The Morgan fingerprint density at radius 2 is 2.22 bits per heavy atom. The molecule has 0 saturated heterocycles. The summed E-state index contributed by atoms with van der Waals surface area (Å²) < 4.78 is 28.7. The summed E-state index contributed by atoms with van der Waals surface area (Å²) in [5, 5.41) is 7.40. The van der Waals surface area contributed by atoms with Gasteiger partial charge in [-0.1, -0.05) is 0 Å². The summed E-state index contributed by atoms with van der Waals surface area (Å²) in [6.45, 7) is 1.85. The molecule has 0 radical (unpaired) electrons.